The second-order valence-corrected chi connectivity index (χ2v) is 6.65. The first-order valence-corrected chi connectivity index (χ1v) is 8.97. The van der Waals surface area contributed by atoms with Gasteiger partial charge in [-0.3, -0.25) is 4.99 Å². The van der Waals surface area contributed by atoms with Crippen molar-refractivity contribution in [1.82, 2.24) is 15.5 Å². The molecule has 0 amide bonds. The Balaban J connectivity index is 1.70. The molecule has 1 heterocycles. The van der Waals surface area contributed by atoms with Crippen molar-refractivity contribution in [3.8, 4) is 6.07 Å². The van der Waals surface area contributed by atoms with Crippen LogP contribution < -0.4 is 10.6 Å². The first-order valence-electron chi connectivity index (χ1n) is 8.97. The molecule has 1 aliphatic rings. The van der Waals surface area contributed by atoms with Crippen LogP contribution in [-0.4, -0.2) is 44.1 Å². The minimum Gasteiger partial charge on any atom is -0.356 e. The average Bonchev–Trinajstić information content (AvgIpc) is 2.64. The highest BCUT2D eigenvalue weighted by atomic mass is 19.1. The summed E-state index contributed by atoms with van der Waals surface area (Å²) < 4.78 is 13.8. The number of nitriles is 1. The van der Waals surface area contributed by atoms with E-state index in [2.05, 4.69) is 27.4 Å². The van der Waals surface area contributed by atoms with Crippen molar-refractivity contribution in [2.75, 3.05) is 33.2 Å². The third-order valence-electron chi connectivity index (χ3n) is 4.66. The van der Waals surface area contributed by atoms with Crippen LogP contribution in [0.4, 0.5) is 4.39 Å². The Labute approximate surface area is 149 Å². The minimum absolute atomic E-state index is 0.297. The van der Waals surface area contributed by atoms with Gasteiger partial charge in [0.1, 0.15) is 5.82 Å². The standard InChI is InChI=1S/C19H28FN5/c1-15-6-10-25(11-7-15)9-3-8-23-19(22-2)24-14-17-12-16(13-21)4-5-18(17)20/h4-5,12,15H,3,6-11,14H2,1-2H3,(H2,22,23,24). The summed E-state index contributed by atoms with van der Waals surface area (Å²) in [6, 6.07) is 6.39. The number of rotatable bonds is 6. The molecule has 0 spiro atoms. The van der Waals surface area contributed by atoms with Crippen molar-refractivity contribution in [3.63, 3.8) is 0 Å². The molecule has 1 saturated heterocycles. The van der Waals surface area contributed by atoms with E-state index in [-0.39, 0.29) is 5.82 Å². The molecule has 0 atom stereocenters. The zero-order valence-electron chi connectivity index (χ0n) is 15.2. The third kappa shape index (κ3) is 6.35. The van der Waals surface area contributed by atoms with Gasteiger partial charge in [0.25, 0.3) is 0 Å². The number of guanidine groups is 1. The lowest BCUT2D eigenvalue weighted by molar-refractivity contribution is 0.191. The van der Waals surface area contributed by atoms with E-state index in [1.54, 1.807) is 13.1 Å². The molecule has 5 nitrogen and oxygen atoms in total. The van der Waals surface area contributed by atoms with Crippen LogP contribution in [0.15, 0.2) is 23.2 Å². The molecule has 0 saturated carbocycles. The highest BCUT2D eigenvalue weighted by molar-refractivity contribution is 5.79. The Bertz CT molecular complexity index is 615. The van der Waals surface area contributed by atoms with E-state index in [1.165, 1.54) is 38.1 Å². The van der Waals surface area contributed by atoms with Crippen LogP contribution in [0.25, 0.3) is 0 Å². The topological polar surface area (TPSA) is 63.5 Å². The second-order valence-electron chi connectivity index (χ2n) is 6.65. The number of piperidine rings is 1. The zero-order chi connectivity index (χ0) is 18.1. The average molecular weight is 345 g/mol. The molecule has 1 aromatic rings. The Morgan fingerprint density at radius 3 is 2.80 bits per heavy atom. The molecule has 136 valence electrons. The van der Waals surface area contributed by atoms with Crippen LogP contribution in [0.1, 0.15) is 37.3 Å². The van der Waals surface area contributed by atoms with Crippen LogP contribution in [0.5, 0.6) is 0 Å². The summed E-state index contributed by atoms with van der Waals surface area (Å²) in [5.74, 6) is 1.19. The summed E-state index contributed by atoms with van der Waals surface area (Å²) in [6.45, 7) is 6.93. The number of nitrogens with zero attached hydrogens (tertiary/aromatic N) is 3. The van der Waals surface area contributed by atoms with Gasteiger partial charge in [0.2, 0.25) is 0 Å². The zero-order valence-corrected chi connectivity index (χ0v) is 15.2. The van der Waals surface area contributed by atoms with Gasteiger partial charge < -0.3 is 15.5 Å². The Morgan fingerprint density at radius 2 is 2.12 bits per heavy atom. The lowest BCUT2D eigenvalue weighted by atomic mass is 9.99. The fourth-order valence-electron chi connectivity index (χ4n) is 2.97. The largest absolute Gasteiger partial charge is 0.356 e. The number of likely N-dealkylation sites (tertiary alicyclic amines) is 1. The summed E-state index contributed by atoms with van der Waals surface area (Å²) in [4.78, 5) is 6.68. The number of hydrogen-bond acceptors (Lipinski definition) is 3. The lowest BCUT2D eigenvalue weighted by Gasteiger charge is -2.30. The van der Waals surface area contributed by atoms with E-state index in [4.69, 9.17) is 5.26 Å². The van der Waals surface area contributed by atoms with Gasteiger partial charge in [-0.25, -0.2) is 4.39 Å². The first kappa shape index (κ1) is 19.2. The summed E-state index contributed by atoms with van der Waals surface area (Å²) in [5, 5.41) is 15.3. The van der Waals surface area contributed by atoms with Crippen molar-refractivity contribution >= 4 is 5.96 Å². The third-order valence-corrected chi connectivity index (χ3v) is 4.66. The molecule has 0 radical (unpaired) electrons. The molecular formula is C19H28FN5. The fraction of sp³-hybridized carbons (Fsp3) is 0.579. The van der Waals surface area contributed by atoms with Crippen molar-refractivity contribution < 1.29 is 4.39 Å². The van der Waals surface area contributed by atoms with Gasteiger partial charge in [-0.05, 0) is 63.0 Å². The van der Waals surface area contributed by atoms with Gasteiger partial charge in [-0.15, -0.1) is 0 Å². The van der Waals surface area contributed by atoms with Crippen molar-refractivity contribution in [2.45, 2.75) is 32.7 Å². The number of aliphatic imine (C=N–C) groups is 1. The normalized spacial score (nSPS) is 16.5. The van der Waals surface area contributed by atoms with Crippen LogP contribution in [0.3, 0.4) is 0 Å². The molecule has 2 rings (SSSR count). The summed E-state index contributed by atoms with van der Waals surface area (Å²) in [5.41, 5.74) is 0.918. The van der Waals surface area contributed by atoms with E-state index in [1.807, 2.05) is 6.07 Å². The molecule has 25 heavy (non-hydrogen) atoms. The molecule has 6 heteroatoms. The van der Waals surface area contributed by atoms with E-state index >= 15 is 0 Å². The predicted molar refractivity (Wildman–Crippen MR) is 98.8 cm³/mol. The maximum atomic E-state index is 13.8. The number of nitrogens with one attached hydrogen (secondary N) is 2. The predicted octanol–water partition coefficient (Wildman–Crippen LogP) is 2.48. The quantitative estimate of drug-likeness (QED) is 0.472. The van der Waals surface area contributed by atoms with Crippen molar-refractivity contribution in [1.29, 1.82) is 5.26 Å². The monoisotopic (exact) mass is 345 g/mol. The Kier molecular flexibility index (Phi) is 7.68. The Hall–Kier alpha value is -2.13. The van der Waals surface area contributed by atoms with Gasteiger partial charge in [0, 0.05) is 25.7 Å². The molecule has 2 N–H and O–H groups in total. The molecule has 1 aliphatic heterocycles. The SMILES string of the molecule is CN=C(NCCCN1CCC(C)CC1)NCc1cc(C#N)ccc1F. The maximum Gasteiger partial charge on any atom is 0.191 e. The van der Waals surface area contributed by atoms with Crippen LogP contribution in [0, 0.1) is 23.1 Å². The molecule has 0 aliphatic carbocycles. The summed E-state index contributed by atoms with van der Waals surface area (Å²) in [6.07, 6.45) is 3.64. The molecule has 1 fully saturated rings. The smallest absolute Gasteiger partial charge is 0.191 e. The van der Waals surface area contributed by atoms with Gasteiger partial charge in [-0.1, -0.05) is 6.92 Å². The minimum atomic E-state index is -0.318. The van der Waals surface area contributed by atoms with E-state index < -0.39 is 0 Å². The Morgan fingerprint density at radius 1 is 1.36 bits per heavy atom. The van der Waals surface area contributed by atoms with E-state index in [0.29, 0.717) is 23.6 Å². The van der Waals surface area contributed by atoms with Crippen molar-refractivity contribution in [3.05, 3.63) is 35.1 Å². The summed E-state index contributed by atoms with van der Waals surface area (Å²) in [7, 11) is 1.70. The van der Waals surface area contributed by atoms with Gasteiger partial charge >= 0.3 is 0 Å². The van der Waals surface area contributed by atoms with Gasteiger partial charge in [-0.2, -0.15) is 5.26 Å². The first-order chi connectivity index (χ1) is 12.1. The molecule has 1 aromatic carbocycles. The molecule has 0 unspecified atom stereocenters. The van der Waals surface area contributed by atoms with Gasteiger partial charge in [0.05, 0.1) is 11.6 Å². The fourth-order valence-corrected chi connectivity index (χ4v) is 2.97. The highest BCUT2D eigenvalue weighted by Crippen LogP contribution is 2.15. The second kappa shape index (κ2) is 10.00. The van der Waals surface area contributed by atoms with Crippen LogP contribution >= 0.6 is 0 Å². The summed E-state index contributed by atoms with van der Waals surface area (Å²) >= 11 is 0. The number of hydrogen-bond donors (Lipinski definition) is 2. The van der Waals surface area contributed by atoms with E-state index in [9.17, 15) is 4.39 Å². The van der Waals surface area contributed by atoms with E-state index in [0.717, 1.165) is 25.4 Å². The molecular weight excluding hydrogens is 317 g/mol. The van der Waals surface area contributed by atoms with Crippen LogP contribution in [0.2, 0.25) is 0 Å². The van der Waals surface area contributed by atoms with Gasteiger partial charge in [0.15, 0.2) is 5.96 Å². The molecule has 0 aromatic heterocycles. The van der Waals surface area contributed by atoms with Crippen LogP contribution in [-0.2, 0) is 6.54 Å². The lowest BCUT2D eigenvalue weighted by Crippen LogP contribution is -2.39. The number of benzene rings is 1. The number of halogens is 1. The van der Waals surface area contributed by atoms with Crippen molar-refractivity contribution in [2.24, 2.45) is 10.9 Å². The molecule has 0 bridgehead atoms. The highest BCUT2D eigenvalue weighted by Gasteiger charge is 2.14. The maximum absolute atomic E-state index is 13.8.